The maximum absolute atomic E-state index is 13.4. The van der Waals surface area contributed by atoms with Crippen LogP contribution in [0.5, 0.6) is 5.75 Å². The lowest BCUT2D eigenvalue weighted by atomic mass is 9.68. The van der Waals surface area contributed by atoms with E-state index in [1.165, 1.54) is 0 Å². The number of nitrogens with one attached hydrogen (secondary N) is 1. The molecular weight excluding hydrogens is 346 g/mol. The highest BCUT2D eigenvalue weighted by molar-refractivity contribution is 6.28. The summed E-state index contributed by atoms with van der Waals surface area (Å²) in [6.07, 6.45) is 1.44. The summed E-state index contributed by atoms with van der Waals surface area (Å²) in [4.78, 5) is 13.4. The number of Topliss-reactive ketones (excluding diaryl/α,β-unsaturated/α-hetero) is 1. The van der Waals surface area contributed by atoms with Crippen LogP contribution in [-0.4, -0.2) is 10.9 Å². The van der Waals surface area contributed by atoms with E-state index in [9.17, 15) is 9.90 Å². The summed E-state index contributed by atoms with van der Waals surface area (Å²) in [5, 5.41) is 15.7. The molecule has 1 atom stereocenters. The molecule has 1 unspecified atom stereocenters. The van der Waals surface area contributed by atoms with E-state index in [0.717, 1.165) is 45.2 Å². The van der Waals surface area contributed by atoms with Crippen molar-refractivity contribution in [3.63, 3.8) is 0 Å². The molecule has 3 heteroatoms. The second kappa shape index (κ2) is 5.96. The molecule has 1 aliphatic heterocycles. The van der Waals surface area contributed by atoms with E-state index in [1.54, 1.807) is 12.1 Å². The van der Waals surface area contributed by atoms with Gasteiger partial charge in [0.05, 0.1) is 6.04 Å². The largest absolute Gasteiger partial charge is 0.508 e. The number of aromatic hydroxyl groups is 1. The predicted octanol–water partition coefficient (Wildman–Crippen LogP) is 5.85. The van der Waals surface area contributed by atoms with E-state index < -0.39 is 0 Å². The van der Waals surface area contributed by atoms with Gasteiger partial charge in [0.25, 0.3) is 0 Å². The van der Waals surface area contributed by atoms with E-state index in [4.69, 9.17) is 0 Å². The fourth-order valence-corrected chi connectivity index (χ4v) is 4.77. The van der Waals surface area contributed by atoms with Gasteiger partial charge in [-0.15, -0.1) is 0 Å². The van der Waals surface area contributed by atoms with Crippen LogP contribution in [0.1, 0.15) is 43.9 Å². The molecule has 0 amide bonds. The molecule has 0 radical (unpaired) electrons. The number of phenolic OH excluding ortho intramolecular Hbond substituents is 1. The van der Waals surface area contributed by atoms with Crippen LogP contribution in [0.3, 0.4) is 0 Å². The molecule has 3 nitrogen and oxygen atoms in total. The van der Waals surface area contributed by atoms with Crippen molar-refractivity contribution in [2.45, 2.75) is 32.7 Å². The number of anilines is 1. The molecule has 0 saturated carbocycles. The van der Waals surface area contributed by atoms with Gasteiger partial charge in [-0.25, -0.2) is 0 Å². The Morgan fingerprint density at radius 1 is 0.964 bits per heavy atom. The van der Waals surface area contributed by atoms with Crippen molar-refractivity contribution < 1.29 is 9.90 Å². The molecule has 1 heterocycles. The zero-order chi connectivity index (χ0) is 19.5. The topological polar surface area (TPSA) is 49.3 Å². The Bertz CT molecular complexity index is 1140. The van der Waals surface area contributed by atoms with Gasteiger partial charge in [-0.3, -0.25) is 4.79 Å². The van der Waals surface area contributed by atoms with Gasteiger partial charge in [0.15, 0.2) is 5.78 Å². The predicted molar refractivity (Wildman–Crippen MR) is 113 cm³/mol. The summed E-state index contributed by atoms with van der Waals surface area (Å²) in [5.74, 6) is 0.481. The third-order valence-corrected chi connectivity index (χ3v) is 5.96. The van der Waals surface area contributed by atoms with Crippen LogP contribution in [0.2, 0.25) is 0 Å². The van der Waals surface area contributed by atoms with Gasteiger partial charge < -0.3 is 10.4 Å². The van der Waals surface area contributed by atoms with E-state index in [0.29, 0.717) is 6.42 Å². The lowest BCUT2D eigenvalue weighted by molar-refractivity contribution is -0.116. The highest BCUT2D eigenvalue weighted by Crippen LogP contribution is 2.51. The molecule has 0 spiro atoms. The van der Waals surface area contributed by atoms with Crippen molar-refractivity contribution in [1.82, 2.24) is 0 Å². The lowest BCUT2D eigenvalue weighted by Gasteiger charge is -2.40. The number of phenols is 1. The summed E-state index contributed by atoms with van der Waals surface area (Å²) in [6.45, 7) is 4.34. The van der Waals surface area contributed by atoms with Crippen LogP contribution in [-0.2, 0) is 4.79 Å². The molecule has 1 aliphatic carbocycles. The van der Waals surface area contributed by atoms with E-state index >= 15 is 0 Å². The first-order valence-electron chi connectivity index (χ1n) is 9.77. The fraction of sp³-hybridized carbons (Fsp3) is 0.240. The smallest absolute Gasteiger partial charge is 0.164 e. The third kappa shape index (κ3) is 2.62. The summed E-state index contributed by atoms with van der Waals surface area (Å²) in [5.41, 5.74) is 5.11. The number of hydrogen-bond acceptors (Lipinski definition) is 3. The zero-order valence-electron chi connectivity index (χ0n) is 16.1. The molecule has 2 N–H and O–H groups in total. The molecule has 3 aromatic rings. The van der Waals surface area contributed by atoms with Crippen molar-refractivity contribution in [3.05, 3.63) is 77.4 Å². The van der Waals surface area contributed by atoms with Crippen molar-refractivity contribution in [1.29, 1.82) is 0 Å². The molecule has 0 bridgehead atoms. The van der Waals surface area contributed by atoms with Crippen LogP contribution >= 0.6 is 0 Å². The molecule has 140 valence electrons. The number of allylic oxidation sites excluding steroid dienone is 1. The summed E-state index contributed by atoms with van der Waals surface area (Å²) in [6, 6.07) is 19.7. The Morgan fingerprint density at radius 3 is 2.50 bits per heavy atom. The second-order valence-electron chi connectivity index (χ2n) is 8.72. The number of carbonyl (C=O) groups is 1. The van der Waals surface area contributed by atoms with Crippen molar-refractivity contribution in [3.8, 4) is 5.75 Å². The fourth-order valence-electron chi connectivity index (χ4n) is 4.77. The minimum atomic E-state index is -0.0622. The quantitative estimate of drug-likeness (QED) is 0.565. The first-order chi connectivity index (χ1) is 13.4. The van der Waals surface area contributed by atoms with Crippen LogP contribution in [0.25, 0.3) is 16.3 Å². The number of hydrogen-bond donors (Lipinski definition) is 2. The minimum Gasteiger partial charge on any atom is -0.508 e. The van der Waals surface area contributed by atoms with Gasteiger partial charge in [0.1, 0.15) is 5.75 Å². The van der Waals surface area contributed by atoms with Gasteiger partial charge in [0.2, 0.25) is 0 Å². The Morgan fingerprint density at radius 2 is 1.71 bits per heavy atom. The standard InChI is InChI=1S/C25H23NO2/c1-25(2)13-19-23(21(28)14-25)22-18-6-4-3-5-15(18)9-12-20(22)26-24(19)16-7-10-17(27)11-8-16/h3-12,24,26-27H,13-14H2,1-2H3. The summed E-state index contributed by atoms with van der Waals surface area (Å²) < 4.78 is 0. The van der Waals surface area contributed by atoms with Crippen LogP contribution in [0, 0.1) is 5.41 Å². The van der Waals surface area contributed by atoms with Gasteiger partial charge in [-0.2, -0.15) is 0 Å². The van der Waals surface area contributed by atoms with Crippen LogP contribution in [0.4, 0.5) is 5.69 Å². The Balaban J connectivity index is 1.79. The highest BCUT2D eigenvalue weighted by atomic mass is 16.3. The lowest BCUT2D eigenvalue weighted by Crippen LogP contribution is -2.32. The molecule has 0 aromatic heterocycles. The molecule has 5 rings (SSSR count). The van der Waals surface area contributed by atoms with Crippen LogP contribution < -0.4 is 5.32 Å². The van der Waals surface area contributed by atoms with Crippen molar-refractivity contribution >= 4 is 27.8 Å². The first-order valence-corrected chi connectivity index (χ1v) is 9.77. The third-order valence-electron chi connectivity index (χ3n) is 5.96. The summed E-state index contributed by atoms with van der Waals surface area (Å²) >= 11 is 0. The molecule has 3 aromatic carbocycles. The molecule has 2 aliphatic rings. The second-order valence-corrected chi connectivity index (χ2v) is 8.72. The maximum Gasteiger partial charge on any atom is 0.164 e. The Kier molecular flexibility index (Phi) is 3.63. The van der Waals surface area contributed by atoms with Gasteiger partial charge >= 0.3 is 0 Å². The molecule has 0 saturated heterocycles. The zero-order valence-corrected chi connectivity index (χ0v) is 16.1. The Hall–Kier alpha value is -3.07. The molecule has 28 heavy (non-hydrogen) atoms. The SMILES string of the molecule is CC1(C)CC(=O)C2=C(C1)C(c1ccc(O)cc1)Nc1ccc3ccccc3c12. The Labute approximate surface area is 164 Å². The van der Waals surface area contributed by atoms with Crippen molar-refractivity contribution in [2.75, 3.05) is 5.32 Å². The van der Waals surface area contributed by atoms with E-state index in [1.807, 2.05) is 24.3 Å². The van der Waals surface area contributed by atoms with Gasteiger partial charge in [0, 0.05) is 23.2 Å². The number of benzene rings is 3. The number of rotatable bonds is 1. The van der Waals surface area contributed by atoms with E-state index in [-0.39, 0.29) is 23.0 Å². The number of carbonyl (C=O) groups excluding carboxylic acids is 1. The maximum atomic E-state index is 13.4. The van der Waals surface area contributed by atoms with E-state index in [2.05, 4.69) is 43.4 Å². The van der Waals surface area contributed by atoms with Crippen LogP contribution in [0.15, 0.2) is 66.2 Å². The average Bonchev–Trinajstić information content (AvgIpc) is 2.66. The molecular formula is C25H23NO2. The van der Waals surface area contributed by atoms with Gasteiger partial charge in [-0.05, 0) is 51.9 Å². The molecule has 0 fully saturated rings. The summed E-state index contributed by atoms with van der Waals surface area (Å²) in [7, 11) is 0. The van der Waals surface area contributed by atoms with Gasteiger partial charge in [-0.1, -0.05) is 56.3 Å². The monoisotopic (exact) mass is 369 g/mol. The number of ketones is 1. The minimum absolute atomic E-state index is 0.0607. The average molecular weight is 369 g/mol. The normalized spacial score (nSPS) is 20.5. The first kappa shape index (κ1) is 17.1. The number of fused-ring (bicyclic) bond motifs is 4. The van der Waals surface area contributed by atoms with Crippen molar-refractivity contribution in [2.24, 2.45) is 5.41 Å². The highest BCUT2D eigenvalue weighted by Gasteiger charge is 2.40.